The first-order valence-electron chi connectivity index (χ1n) is 6.66. The molecule has 1 fully saturated rings. The largest absolute Gasteiger partial charge is 0.294 e. The fourth-order valence-corrected chi connectivity index (χ4v) is 2.89. The molecule has 1 saturated carbocycles. The van der Waals surface area contributed by atoms with Gasteiger partial charge in [0.15, 0.2) is 5.78 Å². The Morgan fingerprint density at radius 3 is 2.53 bits per heavy atom. The van der Waals surface area contributed by atoms with E-state index in [2.05, 4.69) is 12.0 Å². The fourth-order valence-electron chi connectivity index (χ4n) is 2.89. The van der Waals surface area contributed by atoms with Crippen molar-refractivity contribution in [3.8, 4) is 0 Å². The van der Waals surface area contributed by atoms with Crippen LogP contribution in [0.2, 0.25) is 0 Å². The van der Waals surface area contributed by atoms with E-state index in [-0.39, 0.29) is 5.92 Å². The second-order valence-corrected chi connectivity index (χ2v) is 5.29. The van der Waals surface area contributed by atoms with Gasteiger partial charge in [-0.25, -0.2) is 0 Å². The summed E-state index contributed by atoms with van der Waals surface area (Å²) in [5, 5.41) is 4.25. The van der Waals surface area contributed by atoms with Gasteiger partial charge in [0.1, 0.15) is 0 Å². The molecule has 0 saturated heterocycles. The number of ketones is 1. The summed E-state index contributed by atoms with van der Waals surface area (Å²) in [7, 11) is 1.87. The molecular formula is C14H22N2O. The highest BCUT2D eigenvalue weighted by molar-refractivity contribution is 5.98. The average molecular weight is 234 g/mol. The molecular weight excluding hydrogens is 212 g/mol. The van der Waals surface area contributed by atoms with Crippen molar-refractivity contribution in [2.45, 2.75) is 46.0 Å². The molecule has 0 amide bonds. The third kappa shape index (κ3) is 2.59. The van der Waals surface area contributed by atoms with Crippen molar-refractivity contribution in [2.75, 3.05) is 0 Å². The number of nitrogens with zero attached hydrogens (tertiary/aromatic N) is 2. The highest BCUT2D eigenvalue weighted by Gasteiger charge is 2.27. The zero-order valence-corrected chi connectivity index (χ0v) is 11.1. The Kier molecular flexibility index (Phi) is 3.65. The lowest BCUT2D eigenvalue weighted by Crippen LogP contribution is -2.22. The predicted octanol–water partition coefficient (Wildman–Crippen LogP) is 3.13. The molecule has 17 heavy (non-hydrogen) atoms. The molecule has 1 heterocycles. The predicted molar refractivity (Wildman–Crippen MR) is 68.0 cm³/mol. The van der Waals surface area contributed by atoms with Crippen molar-refractivity contribution in [2.24, 2.45) is 18.9 Å². The van der Waals surface area contributed by atoms with Gasteiger partial charge in [-0.1, -0.05) is 13.3 Å². The van der Waals surface area contributed by atoms with Crippen LogP contribution in [0, 0.1) is 18.8 Å². The molecule has 3 heteroatoms. The van der Waals surface area contributed by atoms with Crippen molar-refractivity contribution in [1.29, 1.82) is 0 Å². The molecule has 0 aromatic carbocycles. The second kappa shape index (κ2) is 5.03. The van der Waals surface area contributed by atoms with Gasteiger partial charge in [0.25, 0.3) is 0 Å². The number of aryl methyl sites for hydroxylation is 2. The molecule has 3 nitrogen and oxygen atoms in total. The third-order valence-corrected chi connectivity index (χ3v) is 4.07. The zero-order chi connectivity index (χ0) is 12.4. The molecule has 0 aliphatic heterocycles. The molecule has 0 spiro atoms. The van der Waals surface area contributed by atoms with Crippen molar-refractivity contribution < 1.29 is 4.79 Å². The van der Waals surface area contributed by atoms with Gasteiger partial charge in [-0.3, -0.25) is 9.48 Å². The Balaban J connectivity index is 2.04. The number of hydrogen-bond acceptors (Lipinski definition) is 2. The number of Topliss-reactive ketones (excluding diaryl/α,β-unsaturated/α-hetero) is 1. The number of rotatable bonds is 3. The molecule has 1 aromatic rings. The average Bonchev–Trinajstić information content (AvgIpc) is 2.68. The van der Waals surface area contributed by atoms with Crippen molar-refractivity contribution in [3.05, 3.63) is 17.5 Å². The lowest BCUT2D eigenvalue weighted by molar-refractivity contribution is 0.0870. The molecule has 1 aromatic heterocycles. The van der Waals surface area contributed by atoms with Gasteiger partial charge < -0.3 is 0 Å². The van der Waals surface area contributed by atoms with Gasteiger partial charge in [0, 0.05) is 19.2 Å². The number of carbonyl (C=O) groups excluding carboxylic acids is 1. The summed E-state index contributed by atoms with van der Waals surface area (Å²) in [6.45, 7) is 4.17. The van der Waals surface area contributed by atoms with E-state index in [0.29, 0.717) is 5.78 Å². The maximum absolute atomic E-state index is 12.4. The van der Waals surface area contributed by atoms with Gasteiger partial charge in [-0.15, -0.1) is 0 Å². The summed E-state index contributed by atoms with van der Waals surface area (Å²) in [6.07, 6.45) is 7.67. The zero-order valence-electron chi connectivity index (χ0n) is 11.1. The Bertz CT molecular complexity index is 400. The summed E-state index contributed by atoms with van der Waals surface area (Å²) >= 11 is 0. The highest BCUT2D eigenvalue weighted by Crippen LogP contribution is 2.32. The summed E-state index contributed by atoms with van der Waals surface area (Å²) in [4.78, 5) is 12.4. The monoisotopic (exact) mass is 234 g/mol. The molecule has 0 radical (unpaired) electrons. The minimum absolute atomic E-state index is 0.237. The highest BCUT2D eigenvalue weighted by atomic mass is 16.1. The molecule has 0 bridgehead atoms. The molecule has 2 rings (SSSR count). The van der Waals surface area contributed by atoms with Crippen molar-refractivity contribution in [3.63, 3.8) is 0 Å². The standard InChI is InChI=1S/C14H22N2O/c1-4-11-5-7-12(8-6-11)14(17)13-9-16(3)15-10(13)2/h9,11-12H,4-8H2,1-3H3. The summed E-state index contributed by atoms with van der Waals surface area (Å²) in [5.41, 5.74) is 1.70. The van der Waals surface area contributed by atoms with E-state index in [4.69, 9.17) is 0 Å². The number of carbonyl (C=O) groups is 1. The minimum Gasteiger partial charge on any atom is -0.294 e. The molecule has 0 unspecified atom stereocenters. The van der Waals surface area contributed by atoms with Crippen LogP contribution in [0.4, 0.5) is 0 Å². The molecule has 1 aliphatic carbocycles. The minimum atomic E-state index is 0.237. The van der Waals surface area contributed by atoms with E-state index in [1.165, 1.54) is 19.3 Å². The van der Waals surface area contributed by atoms with Crippen LogP contribution in [0.3, 0.4) is 0 Å². The van der Waals surface area contributed by atoms with E-state index >= 15 is 0 Å². The van der Waals surface area contributed by atoms with Gasteiger partial charge >= 0.3 is 0 Å². The number of hydrogen-bond donors (Lipinski definition) is 0. The van der Waals surface area contributed by atoms with E-state index in [9.17, 15) is 4.79 Å². The Labute approximate surface area is 103 Å². The summed E-state index contributed by atoms with van der Waals surface area (Å²) in [6, 6.07) is 0. The van der Waals surface area contributed by atoms with Crippen LogP contribution in [0.1, 0.15) is 55.1 Å². The van der Waals surface area contributed by atoms with Gasteiger partial charge in [-0.2, -0.15) is 5.10 Å². The topological polar surface area (TPSA) is 34.9 Å². The van der Waals surface area contributed by atoms with Crippen LogP contribution in [-0.2, 0) is 7.05 Å². The van der Waals surface area contributed by atoms with Crippen LogP contribution >= 0.6 is 0 Å². The van der Waals surface area contributed by atoms with Crippen LogP contribution in [-0.4, -0.2) is 15.6 Å². The Hall–Kier alpha value is -1.12. The molecule has 1 aliphatic rings. The quantitative estimate of drug-likeness (QED) is 0.753. The Morgan fingerprint density at radius 2 is 2.06 bits per heavy atom. The second-order valence-electron chi connectivity index (χ2n) is 5.29. The van der Waals surface area contributed by atoms with Gasteiger partial charge in [0.05, 0.1) is 11.3 Å². The lowest BCUT2D eigenvalue weighted by atomic mass is 9.78. The maximum atomic E-state index is 12.4. The van der Waals surface area contributed by atoms with E-state index in [1.807, 2.05) is 20.2 Å². The van der Waals surface area contributed by atoms with E-state index in [0.717, 1.165) is 30.0 Å². The first kappa shape index (κ1) is 12.3. The first-order valence-corrected chi connectivity index (χ1v) is 6.66. The first-order chi connectivity index (χ1) is 8.11. The fraction of sp³-hybridized carbons (Fsp3) is 0.714. The van der Waals surface area contributed by atoms with Crippen molar-refractivity contribution >= 4 is 5.78 Å². The van der Waals surface area contributed by atoms with E-state index < -0.39 is 0 Å². The lowest BCUT2D eigenvalue weighted by Gasteiger charge is -2.26. The molecule has 0 N–H and O–H groups in total. The van der Waals surface area contributed by atoms with Crippen molar-refractivity contribution in [1.82, 2.24) is 9.78 Å². The van der Waals surface area contributed by atoms with Crippen LogP contribution in [0.25, 0.3) is 0 Å². The van der Waals surface area contributed by atoms with Gasteiger partial charge in [0.2, 0.25) is 0 Å². The van der Waals surface area contributed by atoms with Crippen LogP contribution in [0.15, 0.2) is 6.20 Å². The Morgan fingerprint density at radius 1 is 1.41 bits per heavy atom. The summed E-state index contributed by atoms with van der Waals surface area (Å²) < 4.78 is 1.74. The SMILES string of the molecule is CCC1CCC(C(=O)c2cn(C)nc2C)CC1. The maximum Gasteiger partial charge on any atom is 0.169 e. The van der Waals surface area contributed by atoms with Crippen LogP contribution < -0.4 is 0 Å². The molecule has 0 atom stereocenters. The van der Waals surface area contributed by atoms with Gasteiger partial charge in [-0.05, 0) is 38.5 Å². The summed E-state index contributed by atoms with van der Waals surface area (Å²) in [5.74, 6) is 1.39. The number of aromatic nitrogens is 2. The molecule has 94 valence electrons. The normalized spacial score (nSPS) is 24.9. The van der Waals surface area contributed by atoms with E-state index in [1.54, 1.807) is 4.68 Å². The van der Waals surface area contributed by atoms with Crippen LogP contribution in [0.5, 0.6) is 0 Å². The smallest absolute Gasteiger partial charge is 0.169 e. The third-order valence-electron chi connectivity index (χ3n) is 4.07.